The average molecular weight is 236 g/mol. The molecule has 0 heterocycles. The maximum Gasteiger partial charge on any atom is 0.0726 e. The summed E-state index contributed by atoms with van der Waals surface area (Å²) in [5.74, 6) is 0.0966. The Bertz CT molecular complexity index is 365. The van der Waals surface area contributed by atoms with Crippen LogP contribution >= 0.6 is 15.9 Å². The highest BCUT2D eigenvalue weighted by Gasteiger charge is 2.21. The highest BCUT2D eigenvalue weighted by molar-refractivity contribution is 9.10. The maximum absolute atomic E-state index is 8.99. The molecule has 1 nitrogen and oxygen atoms in total. The Morgan fingerprint density at radius 2 is 2.31 bits per heavy atom. The molecule has 0 aromatic heterocycles. The number of hydrogen-bond donors (Lipinski definition) is 0. The molecule has 0 amide bonds. The molecular weight excluding hydrogens is 226 g/mol. The number of nitrogens with zero attached hydrogens (tertiary/aromatic N) is 1. The van der Waals surface area contributed by atoms with Gasteiger partial charge in [0.15, 0.2) is 0 Å². The van der Waals surface area contributed by atoms with Crippen LogP contribution in [0.2, 0.25) is 0 Å². The fraction of sp³-hybridized carbons (Fsp3) is 0.364. The van der Waals surface area contributed by atoms with Crippen molar-refractivity contribution in [2.45, 2.75) is 25.2 Å². The molecular formula is C11H10BrN. The Labute approximate surface area is 86.5 Å². The number of halogens is 1. The fourth-order valence-corrected chi connectivity index (χ4v) is 2.64. The van der Waals surface area contributed by atoms with Gasteiger partial charge >= 0.3 is 0 Å². The van der Waals surface area contributed by atoms with Gasteiger partial charge in [0.05, 0.1) is 12.0 Å². The van der Waals surface area contributed by atoms with E-state index in [1.807, 2.05) is 12.1 Å². The summed E-state index contributed by atoms with van der Waals surface area (Å²) < 4.78 is 1.09. The maximum atomic E-state index is 8.99. The van der Waals surface area contributed by atoms with Crippen LogP contribution in [0.1, 0.15) is 29.9 Å². The average Bonchev–Trinajstić information content (AvgIpc) is 2.17. The Morgan fingerprint density at radius 1 is 1.46 bits per heavy atom. The topological polar surface area (TPSA) is 23.8 Å². The fourth-order valence-electron chi connectivity index (χ4n) is 1.96. The molecule has 1 aliphatic carbocycles. The quantitative estimate of drug-likeness (QED) is 0.677. The van der Waals surface area contributed by atoms with Gasteiger partial charge in [-0.05, 0) is 36.5 Å². The van der Waals surface area contributed by atoms with Crippen LogP contribution in [-0.2, 0) is 6.42 Å². The molecule has 1 aromatic rings. The first-order valence-electron chi connectivity index (χ1n) is 4.50. The minimum absolute atomic E-state index is 0.0966. The molecule has 0 N–H and O–H groups in total. The Kier molecular flexibility index (Phi) is 2.37. The summed E-state index contributed by atoms with van der Waals surface area (Å²) in [5.41, 5.74) is 2.56. The number of aryl methyl sites for hydroxylation is 1. The molecule has 0 aliphatic heterocycles. The van der Waals surface area contributed by atoms with Crippen LogP contribution in [0.25, 0.3) is 0 Å². The van der Waals surface area contributed by atoms with E-state index in [4.69, 9.17) is 5.26 Å². The second kappa shape index (κ2) is 3.51. The van der Waals surface area contributed by atoms with Gasteiger partial charge in [0.1, 0.15) is 0 Å². The first-order valence-corrected chi connectivity index (χ1v) is 5.29. The van der Waals surface area contributed by atoms with Gasteiger partial charge in [-0.1, -0.05) is 28.1 Å². The SMILES string of the molecule is N#CC1CCCc2cccc(Br)c21. The largest absolute Gasteiger partial charge is 0.198 e. The minimum Gasteiger partial charge on any atom is -0.198 e. The zero-order valence-electron chi connectivity index (χ0n) is 7.26. The summed E-state index contributed by atoms with van der Waals surface area (Å²) in [4.78, 5) is 0. The monoisotopic (exact) mass is 235 g/mol. The van der Waals surface area contributed by atoms with Crippen molar-refractivity contribution >= 4 is 15.9 Å². The van der Waals surface area contributed by atoms with Gasteiger partial charge in [-0.2, -0.15) is 5.26 Å². The molecule has 0 spiro atoms. The molecule has 0 saturated heterocycles. The van der Waals surface area contributed by atoms with Gasteiger partial charge in [-0.15, -0.1) is 0 Å². The van der Waals surface area contributed by atoms with E-state index in [1.54, 1.807) is 0 Å². The summed E-state index contributed by atoms with van der Waals surface area (Å²) in [6.45, 7) is 0. The lowest BCUT2D eigenvalue weighted by Gasteiger charge is -2.21. The van der Waals surface area contributed by atoms with Gasteiger partial charge in [-0.3, -0.25) is 0 Å². The first-order chi connectivity index (χ1) is 6.33. The highest BCUT2D eigenvalue weighted by Crippen LogP contribution is 2.35. The van der Waals surface area contributed by atoms with E-state index in [-0.39, 0.29) is 5.92 Å². The van der Waals surface area contributed by atoms with Crippen molar-refractivity contribution in [2.75, 3.05) is 0 Å². The van der Waals surface area contributed by atoms with E-state index in [0.29, 0.717) is 0 Å². The van der Waals surface area contributed by atoms with Crippen LogP contribution in [-0.4, -0.2) is 0 Å². The minimum atomic E-state index is 0.0966. The van der Waals surface area contributed by atoms with Crippen molar-refractivity contribution in [3.8, 4) is 6.07 Å². The van der Waals surface area contributed by atoms with Gasteiger partial charge in [0, 0.05) is 4.47 Å². The standard InChI is InChI=1S/C11H10BrN/c12-10-6-2-4-8-3-1-5-9(7-13)11(8)10/h2,4,6,9H,1,3,5H2. The summed E-state index contributed by atoms with van der Waals surface area (Å²) in [6, 6.07) is 8.57. The molecule has 66 valence electrons. The number of nitriles is 1. The number of benzene rings is 1. The molecule has 1 aromatic carbocycles. The second-order valence-corrected chi connectivity index (χ2v) is 4.24. The highest BCUT2D eigenvalue weighted by atomic mass is 79.9. The van der Waals surface area contributed by atoms with E-state index in [1.165, 1.54) is 11.1 Å². The number of rotatable bonds is 0. The van der Waals surface area contributed by atoms with Crippen LogP contribution < -0.4 is 0 Å². The van der Waals surface area contributed by atoms with E-state index < -0.39 is 0 Å². The predicted octanol–water partition coefficient (Wildman–Crippen LogP) is 3.39. The summed E-state index contributed by atoms with van der Waals surface area (Å²) in [7, 11) is 0. The molecule has 1 atom stereocenters. The van der Waals surface area contributed by atoms with E-state index in [9.17, 15) is 0 Å². The Morgan fingerprint density at radius 3 is 3.08 bits per heavy atom. The predicted molar refractivity (Wildman–Crippen MR) is 55.4 cm³/mol. The Hall–Kier alpha value is -0.810. The normalized spacial score (nSPS) is 20.5. The van der Waals surface area contributed by atoms with Gasteiger partial charge in [0.2, 0.25) is 0 Å². The molecule has 1 aliphatic rings. The molecule has 0 radical (unpaired) electrons. The lowest BCUT2D eigenvalue weighted by molar-refractivity contribution is 0.634. The third-order valence-corrected chi connectivity index (χ3v) is 3.28. The zero-order valence-corrected chi connectivity index (χ0v) is 8.84. The zero-order chi connectivity index (χ0) is 9.26. The molecule has 0 fully saturated rings. The number of fused-ring (bicyclic) bond motifs is 1. The summed E-state index contributed by atoms with van der Waals surface area (Å²) >= 11 is 3.51. The van der Waals surface area contributed by atoms with Crippen molar-refractivity contribution in [2.24, 2.45) is 0 Å². The summed E-state index contributed by atoms with van der Waals surface area (Å²) in [5, 5.41) is 8.99. The van der Waals surface area contributed by atoms with Gasteiger partial charge in [-0.25, -0.2) is 0 Å². The lowest BCUT2D eigenvalue weighted by atomic mass is 9.84. The van der Waals surface area contributed by atoms with E-state index in [2.05, 4.69) is 28.1 Å². The molecule has 0 saturated carbocycles. The second-order valence-electron chi connectivity index (χ2n) is 3.39. The molecule has 2 heteroatoms. The van der Waals surface area contributed by atoms with Crippen molar-refractivity contribution in [3.05, 3.63) is 33.8 Å². The molecule has 1 unspecified atom stereocenters. The third kappa shape index (κ3) is 1.49. The van der Waals surface area contributed by atoms with Crippen molar-refractivity contribution in [1.82, 2.24) is 0 Å². The smallest absolute Gasteiger partial charge is 0.0726 e. The van der Waals surface area contributed by atoms with Crippen molar-refractivity contribution in [1.29, 1.82) is 5.26 Å². The van der Waals surface area contributed by atoms with Crippen molar-refractivity contribution in [3.63, 3.8) is 0 Å². The van der Waals surface area contributed by atoms with Gasteiger partial charge in [0.25, 0.3) is 0 Å². The Balaban J connectivity index is 2.55. The molecule has 13 heavy (non-hydrogen) atoms. The first kappa shape index (κ1) is 8.77. The van der Waals surface area contributed by atoms with E-state index in [0.717, 1.165) is 23.7 Å². The van der Waals surface area contributed by atoms with Crippen LogP contribution in [0.3, 0.4) is 0 Å². The van der Waals surface area contributed by atoms with Crippen LogP contribution in [0.5, 0.6) is 0 Å². The third-order valence-electron chi connectivity index (χ3n) is 2.59. The van der Waals surface area contributed by atoms with E-state index >= 15 is 0 Å². The van der Waals surface area contributed by atoms with Gasteiger partial charge < -0.3 is 0 Å². The van der Waals surface area contributed by atoms with Crippen LogP contribution in [0.15, 0.2) is 22.7 Å². The summed E-state index contributed by atoms with van der Waals surface area (Å²) in [6.07, 6.45) is 3.26. The van der Waals surface area contributed by atoms with Crippen LogP contribution in [0, 0.1) is 11.3 Å². The molecule has 0 bridgehead atoms. The van der Waals surface area contributed by atoms with Crippen molar-refractivity contribution < 1.29 is 0 Å². The lowest BCUT2D eigenvalue weighted by Crippen LogP contribution is -2.08. The number of hydrogen-bond acceptors (Lipinski definition) is 1. The molecule has 2 rings (SSSR count). The van der Waals surface area contributed by atoms with Crippen LogP contribution in [0.4, 0.5) is 0 Å².